The Bertz CT molecular complexity index is 209. The summed E-state index contributed by atoms with van der Waals surface area (Å²) in [4.78, 5) is 0. The van der Waals surface area contributed by atoms with Crippen molar-refractivity contribution >= 4 is 0 Å². The quantitative estimate of drug-likeness (QED) is 0.635. The van der Waals surface area contributed by atoms with E-state index in [9.17, 15) is 0 Å². The van der Waals surface area contributed by atoms with Crippen molar-refractivity contribution in [2.75, 3.05) is 13.7 Å². The Kier molecular flexibility index (Phi) is 3.04. The Hall–Kier alpha value is -0.900. The second-order valence-corrected chi connectivity index (χ2v) is 2.29. The van der Waals surface area contributed by atoms with E-state index in [0.717, 1.165) is 18.7 Å². The molecule has 1 rings (SSSR count). The molecule has 4 nitrogen and oxygen atoms in total. The minimum atomic E-state index is 0.691. The molecule has 0 aliphatic carbocycles. The molecule has 0 aliphatic rings. The molecule has 0 unspecified atom stereocenters. The number of rotatable bonds is 4. The van der Waals surface area contributed by atoms with Gasteiger partial charge in [-0.25, -0.2) is 4.68 Å². The van der Waals surface area contributed by atoms with Crippen LogP contribution in [0.25, 0.3) is 0 Å². The molecule has 62 valence electrons. The molecule has 1 aromatic rings. The molecule has 0 atom stereocenters. The van der Waals surface area contributed by atoms with Gasteiger partial charge < -0.3 is 4.74 Å². The molecule has 1 aromatic heterocycles. The molecule has 0 amide bonds. The van der Waals surface area contributed by atoms with E-state index in [-0.39, 0.29) is 0 Å². The first kappa shape index (κ1) is 8.20. The van der Waals surface area contributed by atoms with Crippen LogP contribution in [0.15, 0.2) is 6.20 Å². The predicted molar refractivity (Wildman–Crippen MR) is 41.3 cm³/mol. The van der Waals surface area contributed by atoms with Crippen LogP contribution in [-0.2, 0) is 17.7 Å². The normalized spacial score (nSPS) is 10.4. The lowest BCUT2D eigenvalue weighted by molar-refractivity contribution is 0.182. The summed E-state index contributed by atoms with van der Waals surface area (Å²) in [6.07, 6.45) is 2.76. The van der Waals surface area contributed by atoms with Crippen molar-refractivity contribution in [2.24, 2.45) is 0 Å². The molecule has 0 radical (unpaired) electrons. The molecule has 0 spiro atoms. The van der Waals surface area contributed by atoms with E-state index in [1.54, 1.807) is 13.3 Å². The lowest BCUT2D eigenvalue weighted by Crippen LogP contribution is -2.08. The zero-order valence-corrected chi connectivity index (χ0v) is 6.95. The molecule has 11 heavy (non-hydrogen) atoms. The molecule has 4 heteroatoms. The summed E-state index contributed by atoms with van der Waals surface area (Å²) >= 11 is 0. The predicted octanol–water partition coefficient (Wildman–Crippen LogP) is 0.487. The van der Waals surface area contributed by atoms with E-state index in [2.05, 4.69) is 17.2 Å². The van der Waals surface area contributed by atoms with Crippen LogP contribution in [0.5, 0.6) is 0 Å². The molecule has 0 N–H and O–H groups in total. The molecule has 0 fully saturated rings. The van der Waals surface area contributed by atoms with Crippen LogP contribution >= 0.6 is 0 Å². The Morgan fingerprint density at radius 3 is 3.09 bits per heavy atom. The van der Waals surface area contributed by atoms with Crippen LogP contribution in [0.3, 0.4) is 0 Å². The van der Waals surface area contributed by atoms with Crippen molar-refractivity contribution in [1.82, 2.24) is 15.0 Å². The molecular formula is C7H13N3O. The molecule has 0 aliphatic heterocycles. The number of aromatic nitrogens is 3. The van der Waals surface area contributed by atoms with Gasteiger partial charge in [0, 0.05) is 7.11 Å². The number of hydrogen-bond acceptors (Lipinski definition) is 3. The summed E-state index contributed by atoms with van der Waals surface area (Å²) in [5, 5.41) is 7.71. The summed E-state index contributed by atoms with van der Waals surface area (Å²) in [5.74, 6) is 0. The minimum Gasteiger partial charge on any atom is -0.383 e. The van der Waals surface area contributed by atoms with Gasteiger partial charge in [0.05, 0.1) is 25.0 Å². The summed E-state index contributed by atoms with van der Waals surface area (Å²) in [6.45, 7) is 3.57. The third-order valence-electron chi connectivity index (χ3n) is 1.57. The van der Waals surface area contributed by atoms with Crippen molar-refractivity contribution < 1.29 is 4.74 Å². The maximum atomic E-state index is 4.93. The van der Waals surface area contributed by atoms with Gasteiger partial charge in [-0.2, -0.15) is 0 Å². The van der Waals surface area contributed by atoms with Crippen LogP contribution in [-0.4, -0.2) is 28.7 Å². The number of ether oxygens (including phenoxy) is 1. The maximum absolute atomic E-state index is 4.93. The third kappa shape index (κ3) is 2.01. The molecule has 0 aromatic carbocycles. The zero-order chi connectivity index (χ0) is 8.10. The maximum Gasteiger partial charge on any atom is 0.0725 e. The highest BCUT2D eigenvalue weighted by Crippen LogP contribution is 1.95. The number of hydrogen-bond donors (Lipinski definition) is 0. The van der Waals surface area contributed by atoms with Crippen molar-refractivity contribution in [3.8, 4) is 0 Å². The summed E-state index contributed by atoms with van der Waals surface area (Å²) in [6, 6.07) is 0. The second-order valence-electron chi connectivity index (χ2n) is 2.29. The van der Waals surface area contributed by atoms with Gasteiger partial charge in [-0.1, -0.05) is 12.1 Å². The van der Waals surface area contributed by atoms with E-state index in [0.29, 0.717) is 6.61 Å². The first-order valence-corrected chi connectivity index (χ1v) is 3.74. The highest BCUT2D eigenvalue weighted by molar-refractivity contribution is 4.92. The van der Waals surface area contributed by atoms with E-state index in [4.69, 9.17) is 4.74 Å². The van der Waals surface area contributed by atoms with Crippen LogP contribution in [0, 0.1) is 0 Å². The highest BCUT2D eigenvalue weighted by Gasteiger charge is 1.98. The molecule has 0 bridgehead atoms. The Balaban J connectivity index is 2.54. The molecule has 1 heterocycles. The van der Waals surface area contributed by atoms with Crippen molar-refractivity contribution in [3.63, 3.8) is 0 Å². The SMILES string of the molecule is CCc1cnnn1CCOC. The fraction of sp³-hybridized carbons (Fsp3) is 0.714. The third-order valence-corrected chi connectivity index (χ3v) is 1.57. The first-order valence-electron chi connectivity index (χ1n) is 3.74. The fourth-order valence-electron chi connectivity index (χ4n) is 0.919. The van der Waals surface area contributed by atoms with Gasteiger partial charge in [0.2, 0.25) is 0 Å². The Morgan fingerprint density at radius 1 is 1.64 bits per heavy atom. The first-order chi connectivity index (χ1) is 5.38. The summed E-state index contributed by atoms with van der Waals surface area (Å²) in [5.41, 5.74) is 1.15. The highest BCUT2D eigenvalue weighted by atomic mass is 16.5. The smallest absolute Gasteiger partial charge is 0.0725 e. The van der Waals surface area contributed by atoms with Gasteiger partial charge in [0.15, 0.2) is 0 Å². The zero-order valence-electron chi connectivity index (χ0n) is 6.95. The van der Waals surface area contributed by atoms with E-state index in [1.807, 2.05) is 4.68 Å². The van der Waals surface area contributed by atoms with Crippen molar-refractivity contribution in [2.45, 2.75) is 19.9 Å². The standard InChI is InChI=1S/C7H13N3O/c1-3-7-6-8-9-10(7)4-5-11-2/h6H,3-5H2,1-2H3. The topological polar surface area (TPSA) is 39.9 Å². The van der Waals surface area contributed by atoms with Crippen LogP contribution < -0.4 is 0 Å². The number of methoxy groups -OCH3 is 1. The number of aryl methyl sites for hydroxylation is 1. The largest absolute Gasteiger partial charge is 0.383 e. The van der Waals surface area contributed by atoms with Gasteiger partial charge in [-0.15, -0.1) is 5.10 Å². The minimum absolute atomic E-state index is 0.691. The fourth-order valence-corrected chi connectivity index (χ4v) is 0.919. The summed E-state index contributed by atoms with van der Waals surface area (Å²) in [7, 11) is 1.68. The van der Waals surface area contributed by atoms with E-state index in [1.165, 1.54) is 0 Å². The van der Waals surface area contributed by atoms with Gasteiger partial charge in [0.1, 0.15) is 0 Å². The van der Waals surface area contributed by atoms with Crippen LogP contribution in [0.2, 0.25) is 0 Å². The Morgan fingerprint density at radius 2 is 2.45 bits per heavy atom. The van der Waals surface area contributed by atoms with Gasteiger partial charge in [-0.05, 0) is 6.42 Å². The van der Waals surface area contributed by atoms with Crippen molar-refractivity contribution in [3.05, 3.63) is 11.9 Å². The molecule has 0 saturated heterocycles. The Labute approximate surface area is 66.2 Å². The molecular weight excluding hydrogens is 142 g/mol. The van der Waals surface area contributed by atoms with Gasteiger partial charge in [-0.3, -0.25) is 0 Å². The lowest BCUT2D eigenvalue weighted by atomic mass is 10.4. The number of nitrogens with zero attached hydrogens (tertiary/aromatic N) is 3. The average molecular weight is 155 g/mol. The van der Waals surface area contributed by atoms with Gasteiger partial charge >= 0.3 is 0 Å². The van der Waals surface area contributed by atoms with Crippen molar-refractivity contribution in [1.29, 1.82) is 0 Å². The van der Waals surface area contributed by atoms with E-state index < -0.39 is 0 Å². The average Bonchev–Trinajstić information content (AvgIpc) is 2.47. The molecule has 0 saturated carbocycles. The summed E-state index contributed by atoms with van der Waals surface area (Å²) < 4.78 is 6.79. The lowest BCUT2D eigenvalue weighted by Gasteiger charge is -2.01. The van der Waals surface area contributed by atoms with Crippen LogP contribution in [0.4, 0.5) is 0 Å². The van der Waals surface area contributed by atoms with E-state index >= 15 is 0 Å². The second kappa shape index (κ2) is 4.08. The monoisotopic (exact) mass is 155 g/mol. The van der Waals surface area contributed by atoms with Gasteiger partial charge in [0.25, 0.3) is 0 Å². The van der Waals surface area contributed by atoms with Crippen LogP contribution in [0.1, 0.15) is 12.6 Å².